The van der Waals surface area contributed by atoms with Crippen molar-refractivity contribution in [3.05, 3.63) is 0 Å². The summed E-state index contributed by atoms with van der Waals surface area (Å²) in [6, 6.07) is 0. The van der Waals surface area contributed by atoms with Gasteiger partial charge in [0.1, 0.15) is 5.78 Å². The van der Waals surface area contributed by atoms with E-state index in [4.69, 9.17) is 9.84 Å². The fourth-order valence-electron chi connectivity index (χ4n) is 5.32. The molecule has 5 nitrogen and oxygen atoms in total. The van der Waals surface area contributed by atoms with E-state index < -0.39 is 5.97 Å². The van der Waals surface area contributed by atoms with Crippen LogP contribution in [0.2, 0.25) is 0 Å². The Morgan fingerprint density at radius 3 is 2.50 bits per heavy atom. The molecule has 0 saturated heterocycles. The summed E-state index contributed by atoms with van der Waals surface area (Å²) >= 11 is 0. The number of aliphatic hydroxyl groups is 1. The summed E-state index contributed by atoms with van der Waals surface area (Å²) in [7, 11) is 1.69. The maximum Gasteiger partial charge on any atom is 0.303 e. The molecule has 2 aliphatic rings. The fourth-order valence-corrected chi connectivity index (χ4v) is 5.32. The lowest BCUT2D eigenvalue weighted by Gasteiger charge is -2.27. The number of carboxylic acid groups (broad SMARTS) is 1. The summed E-state index contributed by atoms with van der Waals surface area (Å²) in [6.45, 7) is 0. The normalized spacial score (nSPS) is 27.2. The van der Waals surface area contributed by atoms with Crippen molar-refractivity contribution >= 4 is 11.8 Å². The van der Waals surface area contributed by atoms with E-state index in [1.165, 1.54) is 32.1 Å². The summed E-state index contributed by atoms with van der Waals surface area (Å²) in [5.41, 5.74) is 0. The van der Waals surface area contributed by atoms with Crippen LogP contribution in [0.5, 0.6) is 0 Å². The van der Waals surface area contributed by atoms with Crippen molar-refractivity contribution in [1.82, 2.24) is 0 Å². The third kappa shape index (κ3) is 7.82. The Morgan fingerprint density at radius 2 is 1.82 bits per heavy atom. The maximum absolute atomic E-state index is 12.5. The lowest BCUT2D eigenvalue weighted by Crippen LogP contribution is -2.25. The number of rotatable bonds is 13. The molecule has 162 valence electrons. The fraction of sp³-hybridized carbons (Fsp3) is 0.913. The molecule has 0 aliphatic heterocycles. The third-order valence-corrected chi connectivity index (χ3v) is 6.93. The van der Waals surface area contributed by atoms with Gasteiger partial charge in [-0.05, 0) is 43.9 Å². The molecule has 0 radical (unpaired) electrons. The second-order valence-electron chi connectivity index (χ2n) is 9.03. The molecule has 1 unspecified atom stereocenters. The van der Waals surface area contributed by atoms with Crippen molar-refractivity contribution in [2.45, 2.75) is 109 Å². The van der Waals surface area contributed by atoms with Gasteiger partial charge in [0.15, 0.2) is 0 Å². The number of hydrogen-bond donors (Lipinski definition) is 2. The van der Waals surface area contributed by atoms with Crippen molar-refractivity contribution in [3.63, 3.8) is 0 Å². The van der Waals surface area contributed by atoms with E-state index in [-0.39, 0.29) is 30.5 Å². The van der Waals surface area contributed by atoms with Gasteiger partial charge in [0.2, 0.25) is 0 Å². The number of aliphatic hydroxyl groups excluding tert-OH is 1. The topological polar surface area (TPSA) is 83.8 Å². The van der Waals surface area contributed by atoms with Crippen molar-refractivity contribution in [3.8, 4) is 0 Å². The molecule has 0 amide bonds. The van der Waals surface area contributed by atoms with Gasteiger partial charge in [-0.25, -0.2) is 0 Å². The molecular formula is C23H40O5. The predicted octanol–water partition coefficient (Wildman–Crippen LogP) is 4.74. The minimum Gasteiger partial charge on any atom is -0.481 e. The molecule has 0 bridgehead atoms. The molecule has 0 spiro atoms. The molecule has 2 rings (SSSR count). The van der Waals surface area contributed by atoms with Crippen molar-refractivity contribution in [2.75, 3.05) is 7.11 Å². The third-order valence-electron chi connectivity index (χ3n) is 6.93. The molecule has 0 aromatic rings. The van der Waals surface area contributed by atoms with Gasteiger partial charge in [0.25, 0.3) is 0 Å². The summed E-state index contributed by atoms with van der Waals surface area (Å²) in [4.78, 5) is 23.1. The number of hydrogen-bond acceptors (Lipinski definition) is 4. The minimum atomic E-state index is -0.735. The van der Waals surface area contributed by atoms with E-state index in [0.29, 0.717) is 24.5 Å². The van der Waals surface area contributed by atoms with E-state index >= 15 is 0 Å². The van der Waals surface area contributed by atoms with Crippen LogP contribution in [0.1, 0.15) is 96.3 Å². The second kappa shape index (κ2) is 12.6. The number of methoxy groups -OCH3 is 1. The van der Waals surface area contributed by atoms with Gasteiger partial charge < -0.3 is 14.9 Å². The zero-order valence-electron chi connectivity index (χ0n) is 17.6. The first-order valence-corrected chi connectivity index (χ1v) is 11.5. The average molecular weight is 397 g/mol. The Bertz CT molecular complexity index is 472. The summed E-state index contributed by atoms with van der Waals surface area (Å²) in [5.74, 6) is 0.516. The highest BCUT2D eigenvalue weighted by atomic mass is 16.5. The Morgan fingerprint density at radius 1 is 1.11 bits per heavy atom. The number of ether oxygens (including phenoxy) is 1. The van der Waals surface area contributed by atoms with Crippen molar-refractivity contribution in [2.24, 2.45) is 17.8 Å². The molecule has 2 fully saturated rings. The second-order valence-corrected chi connectivity index (χ2v) is 9.03. The van der Waals surface area contributed by atoms with Crippen molar-refractivity contribution in [1.29, 1.82) is 0 Å². The number of carbonyl (C=O) groups is 2. The van der Waals surface area contributed by atoms with Crippen LogP contribution < -0.4 is 0 Å². The number of carbonyl (C=O) groups excluding carboxylic acids is 1. The monoisotopic (exact) mass is 396 g/mol. The summed E-state index contributed by atoms with van der Waals surface area (Å²) < 4.78 is 5.61. The first-order valence-electron chi connectivity index (χ1n) is 11.5. The first kappa shape index (κ1) is 23.3. The number of Topliss-reactive ketones (excluding diaryl/α,β-unsaturated/α-hetero) is 1. The highest BCUT2D eigenvalue weighted by molar-refractivity contribution is 5.84. The molecule has 4 atom stereocenters. The molecule has 0 aromatic carbocycles. The summed E-state index contributed by atoms with van der Waals surface area (Å²) in [6.07, 6.45) is 13.9. The van der Waals surface area contributed by atoms with Gasteiger partial charge in [-0.2, -0.15) is 0 Å². The van der Waals surface area contributed by atoms with Crippen LogP contribution in [-0.2, 0) is 14.3 Å². The zero-order chi connectivity index (χ0) is 20.4. The number of ketones is 1. The molecule has 5 heteroatoms. The molecular weight excluding hydrogens is 356 g/mol. The molecule has 28 heavy (non-hydrogen) atoms. The SMILES string of the molecule is CO[C@@H]1CC(=O)[C@H](CCCCCCC(=O)O)[C@H]1CCC(O)CC1CCCCC1. The molecule has 2 N–H and O–H groups in total. The van der Waals surface area contributed by atoms with E-state index in [1.54, 1.807) is 7.11 Å². The van der Waals surface area contributed by atoms with Gasteiger partial charge in [-0.1, -0.05) is 51.4 Å². The largest absolute Gasteiger partial charge is 0.481 e. The van der Waals surface area contributed by atoms with Gasteiger partial charge in [0.05, 0.1) is 12.2 Å². The van der Waals surface area contributed by atoms with Crippen LogP contribution in [0.3, 0.4) is 0 Å². The van der Waals surface area contributed by atoms with Gasteiger partial charge in [0, 0.05) is 25.9 Å². The van der Waals surface area contributed by atoms with Crippen molar-refractivity contribution < 1.29 is 24.5 Å². The van der Waals surface area contributed by atoms with Gasteiger partial charge in [-0.3, -0.25) is 9.59 Å². The first-order chi connectivity index (χ1) is 13.5. The highest BCUT2D eigenvalue weighted by Gasteiger charge is 2.41. The molecule has 0 heterocycles. The smallest absolute Gasteiger partial charge is 0.303 e. The minimum absolute atomic E-state index is 0.00797. The Hall–Kier alpha value is -0.940. The average Bonchev–Trinajstić information content (AvgIpc) is 2.98. The number of unbranched alkanes of at least 4 members (excludes halogenated alkanes) is 3. The van der Waals surface area contributed by atoms with E-state index in [9.17, 15) is 14.7 Å². The van der Waals surface area contributed by atoms with Crippen LogP contribution in [0, 0.1) is 17.8 Å². The van der Waals surface area contributed by atoms with Crippen LogP contribution in [0.4, 0.5) is 0 Å². The Labute approximate surface area is 170 Å². The van der Waals surface area contributed by atoms with Gasteiger partial charge >= 0.3 is 5.97 Å². The standard InChI is InChI=1S/C23H40O5/c1-28-22-16-21(25)19(11-7-2-3-8-12-23(26)27)20(22)14-13-18(24)15-17-9-5-4-6-10-17/h17-20,22,24H,2-16H2,1H3,(H,26,27)/t18?,19-,20-,22-/m1/s1. The van der Waals surface area contributed by atoms with E-state index in [1.807, 2.05) is 0 Å². The Kier molecular flexibility index (Phi) is 10.5. The van der Waals surface area contributed by atoms with Crippen LogP contribution in [0.25, 0.3) is 0 Å². The number of aliphatic carboxylic acids is 1. The van der Waals surface area contributed by atoms with Crippen LogP contribution in [-0.4, -0.2) is 41.3 Å². The highest BCUT2D eigenvalue weighted by Crippen LogP contribution is 2.38. The van der Waals surface area contributed by atoms with Gasteiger partial charge in [-0.15, -0.1) is 0 Å². The van der Waals surface area contributed by atoms with Crippen LogP contribution in [0.15, 0.2) is 0 Å². The number of carboxylic acids is 1. The molecule has 0 aromatic heterocycles. The Balaban J connectivity index is 1.74. The summed E-state index contributed by atoms with van der Waals surface area (Å²) in [5, 5.41) is 19.2. The van der Waals surface area contributed by atoms with Crippen LogP contribution >= 0.6 is 0 Å². The zero-order valence-corrected chi connectivity index (χ0v) is 17.6. The predicted molar refractivity (Wildman–Crippen MR) is 109 cm³/mol. The molecule has 2 saturated carbocycles. The van der Waals surface area contributed by atoms with E-state index in [0.717, 1.165) is 44.9 Å². The van der Waals surface area contributed by atoms with E-state index in [2.05, 4.69) is 0 Å². The molecule has 2 aliphatic carbocycles. The lowest BCUT2D eigenvalue weighted by atomic mass is 9.82. The quantitative estimate of drug-likeness (QED) is 0.439. The maximum atomic E-state index is 12.5. The lowest BCUT2D eigenvalue weighted by molar-refractivity contribution is -0.137.